The van der Waals surface area contributed by atoms with Gasteiger partial charge in [0.15, 0.2) is 0 Å². The second-order valence-corrected chi connectivity index (χ2v) is 5.38. The molecule has 1 atom stereocenters. The van der Waals surface area contributed by atoms with Gasteiger partial charge in [0, 0.05) is 25.3 Å². The number of nitrogens with one attached hydrogen (secondary N) is 1. The summed E-state index contributed by atoms with van der Waals surface area (Å²) in [6, 6.07) is 11.1. The summed E-state index contributed by atoms with van der Waals surface area (Å²) in [6.45, 7) is 8.42. The summed E-state index contributed by atoms with van der Waals surface area (Å²) in [5, 5.41) is 3.44. The zero-order chi connectivity index (χ0) is 13.7. The van der Waals surface area contributed by atoms with E-state index >= 15 is 0 Å². The van der Waals surface area contributed by atoms with Crippen LogP contribution in [0.15, 0.2) is 42.9 Å². The van der Waals surface area contributed by atoms with E-state index in [0.29, 0.717) is 12.0 Å². The minimum atomic E-state index is 0.494. The second-order valence-electron chi connectivity index (χ2n) is 5.38. The van der Waals surface area contributed by atoms with Crippen LogP contribution in [-0.4, -0.2) is 15.6 Å². The molecule has 0 radical (unpaired) electrons. The minimum Gasteiger partial charge on any atom is -0.333 e. The van der Waals surface area contributed by atoms with Crippen molar-refractivity contribution in [2.24, 2.45) is 0 Å². The average Bonchev–Trinajstić information content (AvgIpc) is 2.84. The van der Waals surface area contributed by atoms with Gasteiger partial charge < -0.3 is 9.88 Å². The summed E-state index contributed by atoms with van der Waals surface area (Å²) in [6.07, 6.45) is 3.88. The molecule has 3 heteroatoms. The molecule has 1 aromatic heterocycles. The van der Waals surface area contributed by atoms with E-state index < -0.39 is 0 Å². The van der Waals surface area contributed by atoms with Gasteiger partial charge in [-0.3, -0.25) is 0 Å². The van der Waals surface area contributed by atoms with E-state index in [-0.39, 0.29) is 0 Å². The highest BCUT2D eigenvalue weighted by Crippen LogP contribution is 2.17. The Bertz CT molecular complexity index is 488. The highest BCUT2D eigenvalue weighted by Gasteiger charge is 2.09. The molecular formula is C16H23N3. The first-order valence-corrected chi connectivity index (χ1v) is 6.94. The molecule has 0 bridgehead atoms. The highest BCUT2D eigenvalue weighted by atomic mass is 15.1. The normalized spacial score (nSPS) is 12.8. The first-order chi connectivity index (χ1) is 9.16. The largest absolute Gasteiger partial charge is 0.333 e. The Kier molecular flexibility index (Phi) is 4.74. The van der Waals surface area contributed by atoms with Crippen LogP contribution in [-0.2, 0) is 13.1 Å². The van der Waals surface area contributed by atoms with E-state index in [1.54, 1.807) is 0 Å². The van der Waals surface area contributed by atoms with Gasteiger partial charge >= 0.3 is 0 Å². The van der Waals surface area contributed by atoms with Crippen molar-refractivity contribution in [2.75, 3.05) is 0 Å². The van der Waals surface area contributed by atoms with Crippen LogP contribution in [0.5, 0.6) is 0 Å². The molecule has 0 saturated heterocycles. The topological polar surface area (TPSA) is 29.9 Å². The summed E-state index contributed by atoms with van der Waals surface area (Å²) >= 11 is 0. The fourth-order valence-corrected chi connectivity index (χ4v) is 2.15. The van der Waals surface area contributed by atoms with Crippen molar-refractivity contribution in [3.05, 3.63) is 54.1 Å². The number of imidazole rings is 1. The number of rotatable bonds is 6. The third-order valence-corrected chi connectivity index (χ3v) is 3.33. The lowest BCUT2D eigenvalue weighted by atomic mass is 10.0. The van der Waals surface area contributed by atoms with Crippen LogP contribution in [0, 0.1) is 0 Å². The molecule has 0 aliphatic heterocycles. The molecule has 2 aromatic rings. The SMILES string of the molecule is CC(C)NCc1cncn1CC(C)c1ccccc1. The predicted octanol–water partition coefficient (Wildman–Crippen LogP) is 3.18. The molecule has 0 spiro atoms. The summed E-state index contributed by atoms with van der Waals surface area (Å²) in [7, 11) is 0. The van der Waals surface area contributed by atoms with Gasteiger partial charge in [-0.2, -0.15) is 0 Å². The first-order valence-electron chi connectivity index (χ1n) is 6.94. The summed E-state index contributed by atoms with van der Waals surface area (Å²) in [5.74, 6) is 0.494. The maximum Gasteiger partial charge on any atom is 0.0948 e. The lowest BCUT2D eigenvalue weighted by molar-refractivity contribution is 0.531. The number of hydrogen-bond donors (Lipinski definition) is 1. The van der Waals surface area contributed by atoms with Gasteiger partial charge in [0.05, 0.1) is 12.0 Å². The van der Waals surface area contributed by atoms with Crippen molar-refractivity contribution in [1.82, 2.24) is 14.9 Å². The summed E-state index contributed by atoms with van der Waals surface area (Å²) < 4.78 is 2.24. The van der Waals surface area contributed by atoms with Crippen LogP contribution in [0.2, 0.25) is 0 Å². The van der Waals surface area contributed by atoms with E-state index in [9.17, 15) is 0 Å². The summed E-state index contributed by atoms with van der Waals surface area (Å²) in [5.41, 5.74) is 2.62. The maximum atomic E-state index is 4.27. The smallest absolute Gasteiger partial charge is 0.0948 e. The number of hydrogen-bond acceptors (Lipinski definition) is 2. The van der Waals surface area contributed by atoms with Crippen LogP contribution in [0.1, 0.15) is 37.9 Å². The van der Waals surface area contributed by atoms with E-state index in [2.05, 4.69) is 66.0 Å². The molecule has 1 N–H and O–H groups in total. The quantitative estimate of drug-likeness (QED) is 0.861. The van der Waals surface area contributed by atoms with Crippen molar-refractivity contribution in [3.8, 4) is 0 Å². The third-order valence-electron chi connectivity index (χ3n) is 3.33. The Morgan fingerprint density at radius 2 is 1.89 bits per heavy atom. The number of nitrogens with zero attached hydrogens (tertiary/aromatic N) is 2. The minimum absolute atomic E-state index is 0.494. The lowest BCUT2D eigenvalue weighted by Crippen LogP contribution is -2.23. The highest BCUT2D eigenvalue weighted by molar-refractivity contribution is 5.18. The Morgan fingerprint density at radius 1 is 1.16 bits per heavy atom. The average molecular weight is 257 g/mol. The van der Waals surface area contributed by atoms with Gasteiger partial charge in [-0.1, -0.05) is 51.1 Å². The predicted molar refractivity (Wildman–Crippen MR) is 79.1 cm³/mol. The van der Waals surface area contributed by atoms with Gasteiger partial charge in [-0.15, -0.1) is 0 Å². The monoisotopic (exact) mass is 257 g/mol. The second kappa shape index (κ2) is 6.53. The molecule has 0 amide bonds. The van der Waals surface area contributed by atoms with Crippen molar-refractivity contribution < 1.29 is 0 Å². The molecule has 0 aliphatic carbocycles. The molecule has 2 rings (SSSR count). The fourth-order valence-electron chi connectivity index (χ4n) is 2.15. The zero-order valence-corrected chi connectivity index (χ0v) is 12.0. The molecule has 1 heterocycles. The Hall–Kier alpha value is -1.61. The van der Waals surface area contributed by atoms with Crippen LogP contribution < -0.4 is 5.32 Å². The Morgan fingerprint density at radius 3 is 2.58 bits per heavy atom. The van der Waals surface area contributed by atoms with Crippen molar-refractivity contribution in [2.45, 2.75) is 45.8 Å². The van der Waals surface area contributed by atoms with E-state index in [1.807, 2.05) is 12.5 Å². The van der Waals surface area contributed by atoms with Gasteiger partial charge in [-0.05, 0) is 11.5 Å². The standard InChI is InChI=1S/C16H23N3/c1-13(2)18-10-16-9-17-12-19(16)11-14(3)15-7-5-4-6-8-15/h4-9,12-14,18H,10-11H2,1-3H3. The number of benzene rings is 1. The number of aromatic nitrogens is 2. The van der Waals surface area contributed by atoms with Crippen molar-refractivity contribution in [1.29, 1.82) is 0 Å². The Balaban J connectivity index is 2.01. The van der Waals surface area contributed by atoms with Gasteiger partial charge in [0.1, 0.15) is 0 Å². The summed E-state index contributed by atoms with van der Waals surface area (Å²) in [4.78, 5) is 4.27. The molecule has 0 saturated carbocycles. The van der Waals surface area contributed by atoms with Gasteiger partial charge in [0.2, 0.25) is 0 Å². The van der Waals surface area contributed by atoms with Crippen molar-refractivity contribution >= 4 is 0 Å². The van der Waals surface area contributed by atoms with Crippen LogP contribution >= 0.6 is 0 Å². The van der Waals surface area contributed by atoms with E-state index in [0.717, 1.165) is 13.1 Å². The van der Waals surface area contributed by atoms with Gasteiger partial charge in [-0.25, -0.2) is 4.98 Å². The van der Waals surface area contributed by atoms with E-state index in [1.165, 1.54) is 11.3 Å². The molecule has 1 aromatic carbocycles. The van der Waals surface area contributed by atoms with Crippen LogP contribution in [0.4, 0.5) is 0 Å². The molecule has 0 fully saturated rings. The molecule has 1 unspecified atom stereocenters. The molecule has 3 nitrogen and oxygen atoms in total. The molecule has 19 heavy (non-hydrogen) atoms. The first kappa shape index (κ1) is 13.8. The third kappa shape index (κ3) is 3.93. The Labute approximate surface area is 115 Å². The molecular weight excluding hydrogens is 234 g/mol. The maximum absolute atomic E-state index is 4.27. The lowest BCUT2D eigenvalue weighted by Gasteiger charge is -2.16. The zero-order valence-electron chi connectivity index (χ0n) is 12.0. The molecule has 102 valence electrons. The fraction of sp³-hybridized carbons (Fsp3) is 0.438. The van der Waals surface area contributed by atoms with Crippen molar-refractivity contribution in [3.63, 3.8) is 0 Å². The van der Waals surface area contributed by atoms with E-state index in [4.69, 9.17) is 0 Å². The molecule has 0 aliphatic rings. The van der Waals surface area contributed by atoms with Crippen LogP contribution in [0.3, 0.4) is 0 Å². The van der Waals surface area contributed by atoms with Crippen LogP contribution in [0.25, 0.3) is 0 Å². The van der Waals surface area contributed by atoms with Gasteiger partial charge in [0.25, 0.3) is 0 Å².